The van der Waals surface area contributed by atoms with Crippen molar-refractivity contribution in [1.29, 1.82) is 0 Å². The summed E-state index contributed by atoms with van der Waals surface area (Å²) >= 11 is 1.50. The Morgan fingerprint density at radius 3 is 2.69 bits per heavy atom. The van der Waals surface area contributed by atoms with Gasteiger partial charge in [0.1, 0.15) is 16.6 Å². The Morgan fingerprint density at radius 1 is 1.19 bits per heavy atom. The molecule has 0 unspecified atom stereocenters. The molecule has 0 fully saturated rings. The van der Waals surface area contributed by atoms with Crippen molar-refractivity contribution in [2.24, 2.45) is 0 Å². The first kappa shape index (κ1) is 18.1. The van der Waals surface area contributed by atoms with Gasteiger partial charge in [0.05, 0.1) is 19.2 Å². The second-order valence-electron chi connectivity index (χ2n) is 5.74. The van der Waals surface area contributed by atoms with Crippen LogP contribution in [0.2, 0.25) is 0 Å². The van der Waals surface area contributed by atoms with Crippen molar-refractivity contribution < 1.29 is 13.9 Å². The normalized spacial score (nSPS) is 10.5. The molecule has 1 amide bonds. The van der Waals surface area contributed by atoms with E-state index in [0.717, 1.165) is 22.0 Å². The summed E-state index contributed by atoms with van der Waals surface area (Å²) in [4.78, 5) is 16.6. The Kier molecular flexibility index (Phi) is 5.96. The van der Waals surface area contributed by atoms with E-state index >= 15 is 0 Å². The molecule has 1 heterocycles. The smallest absolute Gasteiger partial charge is 0.226 e. The van der Waals surface area contributed by atoms with Crippen LogP contribution in [0.1, 0.15) is 11.3 Å². The second kappa shape index (κ2) is 8.58. The van der Waals surface area contributed by atoms with E-state index in [2.05, 4.69) is 10.3 Å². The van der Waals surface area contributed by atoms with Gasteiger partial charge in [-0.2, -0.15) is 0 Å². The molecule has 26 heavy (non-hydrogen) atoms. The van der Waals surface area contributed by atoms with E-state index < -0.39 is 0 Å². The largest absolute Gasteiger partial charge is 0.497 e. The van der Waals surface area contributed by atoms with Crippen molar-refractivity contribution in [3.05, 3.63) is 71.0 Å². The monoisotopic (exact) mass is 370 g/mol. The Labute approximate surface area is 155 Å². The van der Waals surface area contributed by atoms with Crippen LogP contribution in [0.15, 0.2) is 53.9 Å². The Hall–Kier alpha value is -2.73. The van der Waals surface area contributed by atoms with Crippen LogP contribution < -0.4 is 10.1 Å². The van der Waals surface area contributed by atoms with Crippen LogP contribution in [0.4, 0.5) is 4.39 Å². The first-order chi connectivity index (χ1) is 12.7. The van der Waals surface area contributed by atoms with Gasteiger partial charge in [-0.05, 0) is 42.3 Å². The van der Waals surface area contributed by atoms with E-state index in [4.69, 9.17) is 4.74 Å². The average Bonchev–Trinajstić information content (AvgIpc) is 3.12. The zero-order chi connectivity index (χ0) is 18.4. The summed E-state index contributed by atoms with van der Waals surface area (Å²) in [6.45, 7) is 0.398. The molecule has 134 valence electrons. The summed E-state index contributed by atoms with van der Waals surface area (Å²) in [6.07, 6.45) is 0.677. The third-order valence-electron chi connectivity index (χ3n) is 3.90. The van der Waals surface area contributed by atoms with Gasteiger partial charge in [-0.25, -0.2) is 9.37 Å². The summed E-state index contributed by atoms with van der Waals surface area (Å²) in [5, 5.41) is 5.56. The molecule has 0 radical (unpaired) electrons. The number of carbonyl (C=O) groups is 1. The van der Waals surface area contributed by atoms with Crippen molar-refractivity contribution in [3.63, 3.8) is 0 Å². The molecule has 4 nitrogen and oxygen atoms in total. The van der Waals surface area contributed by atoms with E-state index in [9.17, 15) is 9.18 Å². The van der Waals surface area contributed by atoms with E-state index in [0.29, 0.717) is 18.5 Å². The summed E-state index contributed by atoms with van der Waals surface area (Å²) < 4.78 is 18.7. The quantitative estimate of drug-likeness (QED) is 0.687. The Balaban J connectivity index is 1.51. The fourth-order valence-corrected chi connectivity index (χ4v) is 3.34. The van der Waals surface area contributed by atoms with Gasteiger partial charge in [-0.1, -0.05) is 18.2 Å². The van der Waals surface area contributed by atoms with Crippen LogP contribution in [-0.4, -0.2) is 24.5 Å². The van der Waals surface area contributed by atoms with Crippen molar-refractivity contribution in [2.75, 3.05) is 13.7 Å². The predicted octanol–water partition coefficient (Wildman–Crippen LogP) is 3.86. The Bertz CT molecular complexity index is 878. The molecular weight excluding hydrogens is 351 g/mol. The van der Waals surface area contributed by atoms with E-state index in [-0.39, 0.29) is 18.1 Å². The first-order valence-electron chi connectivity index (χ1n) is 8.24. The number of nitrogens with zero attached hydrogens (tertiary/aromatic N) is 1. The summed E-state index contributed by atoms with van der Waals surface area (Å²) in [7, 11) is 1.63. The molecule has 1 N–H and O–H groups in total. The molecular formula is C20H19FN2O2S. The van der Waals surface area contributed by atoms with Crippen LogP contribution in [0, 0.1) is 5.82 Å². The minimum atomic E-state index is -0.245. The highest BCUT2D eigenvalue weighted by molar-refractivity contribution is 7.13. The van der Waals surface area contributed by atoms with Gasteiger partial charge >= 0.3 is 0 Å². The lowest BCUT2D eigenvalue weighted by Gasteiger charge is -2.05. The fourth-order valence-electron chi connectivity index (χ4n) is 2.52. The lowest BCUT2D eigenvalue weighted by atomic mass is 10.1. The highest BCUT2D eigenvalue weighted by atomic mass is 32.1. The molecule has 6 heteroatoms. The maximum Gasteiger partial charge on any atom is 0.226 e. The minimum Gasteiger partial charge on any atom is -0.497 e. The first-order valence-corrected chi connectivity index (χ1v) is 9.12. The van der Waals surface area contributed by atoms with E-state index in [1.54, 1.807) is 25.3 Å². The lowest BCUT2D eigenvalue weighted by Crippen LogP contribution is -2.27. The van der Waals surface area contributed by atoms with Crippen molar-refractivity contribution in [2.45, 2.75) is 12.8 Å². The average molecular weight is 370 g/mol. The summed E-state index contributed by atoms with van der Waals surface area (Å²) in [5.41, 5.74) is 2.31. The van der Waals surface area contributed by atoms with E-state index in [1.165, 1.54) is 17.4 Å². The van der Waals surface area contributed by atoms with Crippen LogP contribution in [0.25, 0.3) is 10.6 Å². The molecule has 0 aliphatic heterocycles. The van der Waals surface area contributed by atoms with Crippen molar-refractivity contribution in [3.8, 4) is 16.3 Å². The van der Waals surface area contributed by atoms with Crippen molar-refractivity contribution in [1.82, 2.24) is 10.3 Å². The van der Waals surface area contributed by atoms with E-state index in [1.807, 2.05) is 29.6 Å². The number of ether oxygens (including phenoxy) is 1. The second-order valence-corrected chi connectivity index (χ2v) is 6.60. The van der Waals surface area contributed by atoms with Crippen LogP contribution >= 0.6 is 11.3 Å². The number of hydrogen-bond acceptors (Lipinski definition) is 4. The predicted molar refractivity (Wildman–Crippen MR) is 101 cm³/mol. The number of hydrogen-bond donors (Lipinski definition) is 1. The minimum absolute atomic E-state index is 0.118. The molecule has 0 atom stereocenters. The number of carbonyl (C=O) groups excluding carboxylic acids is 1. The van der Waals surface area contributed by atoms with Crippen LogP contribution in [0.5, 0.6) is 5.75 Å². The number of amides is 1. The lowest BCUT2D eigenvalue weighted by molar-refractivity contribution is -0.120. The summed E-state index contributed by atoms with van der Waals surface area (Å²) in [5.74, 6) is 0.429. The van der Waals surface area contributed by atoms with Gasteiger partial charge in [-0.3, -0.25) is 4.79 Å². The molecule has 0 spiro atoms. The standard InChI is InChI=1S/C20H19FN2O2S/c1-25-17-8-6-15(7-9-17)20-23-16(13-26-20)12-19(24)22-11-10-14-4-2-3-5-18(14)21/h2-9,13H,10-12H2,1H3,(H,22,24). The van der Waals surface area contributed by atoms with Gasteiger partial charge in [-0.15, -0.1) is 11.3 Å². The topological polar surface area (TPSA) is 51.2 Å². The molecule has 2 aromatic carbocycles. The van der Waals surface area contributed by atoms with Gasteiger partial charge in [0, 0.05) is 17.5 Å². The number of rotatable bonds is 7. The number of thiazole rings is 1. The highest BCUT2D eigenvalue weighted by Gasteiger charge is 2.09. The molecule has 0 aliphatic rings. The molecule has 0 bridgehead atoms. The highest BCUT2D eigenvalue weighted by Crippen LogP contribution is 2.25. The number of benzene rings is 2. The molecule has 0 saturated carbocycles. The number of halogens is 1. The van der Waals surface area contributed by atoms with Crippen molar-refractivity contribution >= 4 is 17.2 Å². The SMILES string of the molecule is COc1ccc(-c2nc(CC(=O)NCCc3ccccc3F)cs2)cc1. The maximum absolute atomic E-state index is 13.5. The zero-order valence-electron chi connectivity index (χ0n) is 14.4. The molecule has 1 aromatic heterocycles. The molecule has 3 aromatic rings. The third kappa shape index (κ3) is 4.67. The number of nitrogens with one attached hydrogen (secondary N) is 1. The maximum atomic E-state index is 13.5. The van der Waals surface area contributed by atoms with Gasteiger partial charge in [0.2, 0.25) is 5.91 Å². The van der Waals surface area contributed by atoms with Crippen LogP contribution in [0.3, 0.4) is 0 Å². The third-order valence-corrected chi connectivity index (χ3v) is 4.84. The van der Waals surface area contributed by atoms with Gasteiger partial charge in [0.15, 0.2) is 0 Å². The molecule has 0 aliphatic carbocycles. The molecule has 0 saturated heterocycles. The zero-order valence-corrected chi connectivity index (χ0v) is 15.2. The number of methoxy groups -OCH3 is 1. The number of aromatic nitrogens is 1. The molecule has 3 rings (SSSR count). The van der Waals surface area contributed by atoms with Gasteiger partial charge in [0.25, 0.3) is 0 Å². The Morgan fingerprint density at radius 2 is 1.96 bits per heavy atom. The summed E-state index contributed by atoms with van der Waals surface area (Å²) in [6, 6.07) is 14.2. The fraction of sp³-hybridized carbons (Fsp3) is 0.200. The van der Waals surface area contributed by atoms with Gasteiger partial charge < -0.3 is 10.1 Å². The van der Waals surface area contributed by atoms with Crippen LogP contribution in [-0.2, 0) is 17.6 Å².